The molecule has 0 radical (unpaired) electrons. The first-order chi connectivity index (χ1) is 10.6. The van der Waals surface area contributed by atoms with Crippen LogP contribution in [0.1, 0.15) is 37.4 Å². The van der Waals surface area contributed by atoms with Crippen LogP contribution in [0.3, 0.4) is 0 Å². The van der Waals surface area contributed by atoms with Gasteiger partial charge in [0.25, 0.3) is 5.56 Å². The van der Waals surface area contributed by atoms with Crippen molar-refractivity contribution < 1.29 is 9.18 Å². The zero-order valence-electron chi connectivity index (χ0n) is 12.1. The molecule has 0 saturated heterocycles. The quantitative estimate of drug-likeness (QED) is 0.943. The van der Waals surface area contributed by atoms with Crippen molar-refractivity contribution in [3.8, 4) is 0 Å². The predicted molar refractivity (Wildman–Crippen MR) is 80.2 cm³/mol. The molecule has 1 aliphatic carbocycles. The highest BCUT2D eigenvalue weighted by molar-refractivity contribution is 5.93. The summed E-state index contributed by atoms with van der Waals surface area (Å²) in [5, 5.41) is 6.76. The number of benzene rings is 1. The van der Waals surface area contributed by atoms with Crippen molar-refractivity contribution in [1.82, 2.24) is 9.78 Å². The number of hydrogen-bond donors (Lipinski definition) is 1. The van der Waals surface area contributed by atoms with Gasteiger partial charge in [-0.25, -0.2) is 9.07 Å². The number of nitrogens with zero attached hydrogens (tertiary/aromatic N) is 2. The summed E-state index contributed by atoms with van der Waals surface area (Å²) in [5.74, 6) is -0.614. The van der Waals surface area contributed by atoms with Gasteiger partial charge in [0.05, 0.1) is 11.4 Å². The van der Waals surface area contributed by atoms with Gasteiger partial charge in [0.15, 0.2) is 0 Å². The van der Waals surface area contributed by atoms with Crippen LogP contribution in [0.5, 0.6) is 0 Å². The molecule has 1 N–H and O–H groups in total. The minimum absolute atomic E-state index is 0.0887. The second-order valence-electron chi connectivity index (χ2n) is 5.46. The van der Waals surface area contributed by atoms with Crippen molar-refractivity contribution in [3.63, 3.8) is 0 Å². The number of amides is 1. The van der Waals surface area contributed by atoms with Crippen LogP contribution in [0.15, 0.2) is 41.2 Å². The van der Waals surface area contributed by atoms with Crippen molar-refractivity contribution >= 4 is 11.6 Å². The Balaban J connectivity index is 1.82. The van der Waals surface area contributed by atoms with Gasteiger partial charge in [0.1, 0.15) is 11.9 Å². The lowest BCUT2D eigenvalue weighted by atomic mass is 10.2. The van der Waals surface area contributed by atoms with Gasteiger partial charge in [-0.2, -0.15) is 5.10 Å². The second kappa shape index (κ2) is 5.71. The van der Waals surface area contributed by atoms with E-state index in [-0.39, 0.29) is 11.2 Å². The molecule has 3 rings (SSSR count). The summed E-state index contributed by atoms with van der Waals surface area (Å²) < 4.78 is 14.7. The summed E-state index contributed by atoms with van der Waals surface area (Å²) in [6.07, 6.45) is 2.11. The number of aromatic nitrogens is 2. The Bertz CT molecular complexity index is 768. The van der Waals surface area contributed by atoms with E-state index in [1.807, 2.05) is 0 Å². The van der Waals surface area contributed by atoms with Crippen molar-refractivity contribution in [2.75, 3.05) is 5.32 Å². The fourth-order valence-corrected chi connectivity index (χ4v) is 2.23. The minimum Gasteiger partial charge on any atom is -0.322 e. The molecule has 1 atom stereocenters. The monoisotopic (exact) mass is 301 g/mol. The number of carbonyl (C=O) groups excluding carboxylic acids is 1. The number of halogens is 1. The molecule has 1 unspecified atom stereocenters. The second-order valence-corrected chi connectivity index (χ2v) is 5.46. The fourth-order valence-electron chi connectivity index (χ4n) is 2.23. The smallest absolute Gasteiger partial charge is 0.267 e. The fraction of sp³-hybridized carbons (Fsp3) is 0.312. The predicted octanol–water partition coefficient (Wildman–Crippen LogP) is 2.46. The molecular formula is C16H16FN3O2. The summed E-state index contributed by atoms with van der Waals surface area (Å²) in [4.78, 5) is 24.2. The largest absolute Gasteiger partial charge is 0.322 e. The summed E-state index contributed by atoms with van der Waals surface area (Å²) >= 11 is 0. The number of rotatable bonds is 4. The van der Waals surface area contributed by atoms with Crippen LogP contribution in [0.2, 0.25) is 0 Å². The molecule has 1 aromatic carbocycles. The van der Waals surface area contributed by atoms with Crippen LogP contribution in [0.4, 0.5) is 10.1 Å². The lowest BCUT2D eigenvalue weighted by molar-refractivity contribution is -0.119. The Morgan fingerprint density at radius 2 is 2.05 bits per heavy atom. The maximum Gasteiger partial charge on any atom is 0.267 e. The first-order valence-electron chi connectivity index (χ1n) is 7.21. The normalized spacial score (nSPS) is 15.4. The van der Waals surface area contributed by atoms with E-state index >= 15 is 0 Å². The van der Waals surface area contributed by atoms with Gasteiger partial charge in [0, 0.05) is 12.0 Å². The molecule has 0 bridgehead atoms. The molecule has 1 aromatic heterocycles. The Labute approximate surface area is 126 Å². The Morgan fingerprint density at radius 3 is 2.73 bits per heavy atom. The lowest BCUT2D eigenvalue weighted by Gasteiger charge is -2.15. The highest BCUT2D eigenvalue weighted by atomic mass is 19.1. The third-order valence-electron chi connectivity index (χ3n) is 3.72. The van der Waals surface area contributed by atoms with Crippen molar-refractivity contribution in [2.45, 2.75) is 31.7 Å². The Morgan fingerprint density at radius 1 is 1.32 bits per heavy atom. The molecule has 1 heterocycles. The first kappa shape index (κ1) is 14.4. The molecule has 114 valence electrons. The molecule has 5 nitrogen and oxygen atoms in total. The summed E-state index contributed by atoms with van der Waals surface area (Å²) in [5.41, 5.74) is 0.566. The van der Waals surface area contributed by atoms with Gasteiger partial charge in [0.2, 0.25) is 5.91 Å². The van der Waals surface area contributed by atoms with Gasteiger partial charge in [-0.3, -0.25) is 9.59 Å². The van der Waals surface area contributed by atoms with Crippen LogP contribution >= 0.6 is 0 Å². The van der Waals surface area contributed by atoms with E-state index < -0.39 is 17.8 Å². The third-order valence-corrected chi connectivity index (χ3v) is 3.72. The number of para-hydroxylation sites is 1. The van der Waals surface area contributed by atoms with E-state index in [2.05, 4.69) is 10.4 Å². The number of carbonyl (C=O) groups is 1. The maximum atomic E-state index is 13.6. The van der Waals surface area contributed by atoms with Crippen LogP contribution in [0.25, 0.3) is 0 Å². The molecule has 1 amide bonds. The molecule has 0 aliphatic heterocycles. The van der Waals surface area contributed by atoms with E-state index in [1.165, 1.54) is 18.2 Å². The SMILES string of the molecule is CC(C(=O)Nc1ccccc1F)n1nc(C2CC2)ccc1=O. The van der Waals surface area contributed by atoms with E-state index in [1.54, 1.807) is 25.1 Å². The van der Waals surface area contributed by atoms with Gasteiger partial charge >= 0.3 is 0 Å². The molecular weight excluding hydrogens is 285 g/mol. The number of hydrogen-bond acceptors (Lipinski definition) is 3. The number of nitrogens with one attached hydrogen (secondary N) is 1. The van der Waals surface area contributed by atoms with Gasteiger partial charge in [-0.15, -0.1) is 0 Å². The molecule has 0 spiro atoms. The molecule has 1 saturated carbocycles. The van der Waals surface area contributed by atoms with Gasteiger partial charge in [-0.05, 0) is 38.0 Å². The third kappa shape index (κ3) is 2.90. The van der Waals surface area contributed by atoms with Crippen LogP contribution in [0, 0.1) is 5.82 Å². The van der Waals surface area contributed by atoms with Gasteiger partial charge < -0.3 is 5.32 Å². The average molecular weight is 301 g/mol. The van der Waals surface area contributed by atoms with Crippen LogP contribution in [-0.2, 0) is 4.79 Å². The maximum absolute atomic E-state index is 13.6. The van der Waals surface area contributed by atoms with E-state index in [9.17, 15) is 14.0 Å². The zero-order valence-corrected chi connectivity index (χ0v) is 12.1. The van der Waals surface area contributed by atoms with Crippen molar-refractivity contribution in [2.24, 2.45) is 0 Å². The standard InChI is InChI=1S/C16H16FN3O2/c1-10(16(22)18-14-5-3-2-4-12(14)17)20-15(21)9-8-13(19-20)11-6-7-11/h2-5,8-11H,6-7H2,1H3,(H,18,22). The molecule has 1 fully saturated rings. The molecule has 1 aliphatic rings. The topological polar surface area (TPSA) is 64.0 Å². The van der Waals surface area contributed by atoms with Crippen LogP contribution < -0.4 is 10.9 Å². The summed E-state index contributed by atoms with van der Waals surface area (Å²) in [6.45, 7) is 1.57. The Kier molecular flexibility index (Phi) is 3.75. The molecule has 22 heavy (non-hydrogen) atoms. The Hall–Kier alpha value is -2.50. The summed E-state index contributed by atoms with van der Waals surface area (Å²) in [7, 11) is 0. The van der Waals surface area contributed by atoms with E-state index in [0.717, 1.165) is 23.2 Å². The van der Waals surface area contributed by atoms with Crippen molar-refractivity contribution in [3.05, 3.63) is 58.3 Å². The average Bonchev–Trinajstić information content (AvgIpc) is 3.34. The molecule has 6 heteroatoms. The minimum atomic E-state index is -0.814. The summed E-state index contributed by atoms with van der Waals surface area (Å²) in [6, 6.07) is 8.22. The number of anilines is 1. The van der Waals surface area contributed by atoms with E-state index in [4.69, 9.17) is 0 Å². The highest BCUT2D eigenvalue weighted by Gasteiger charge is 2.27. The first-order valence-corrected chi connectivity index (χ1v) is 7.21. The van der Waals surface area contributed by atoms with Gasteiger partial charge in [-0.1, -0.05) is 12.1 Å². The zero-order chi connectivity index (χ0) is 15.7. The lowest BCUT2D eigenvalue weighted by Crippen LogP contribution is -2.33. The van der Waals surface area contributed by atoms with Crippen molar-refractivity contribution in [1.29, 1.82) is 0 Å². The molecule has 2 aromatic rings. The highest BCUT2D eigenvalue weighted by Crippen LogP contribution is 2.38. The van der Waals surface area contributed by atoms with E-state index in [0.29, 0.717) is 5.92 Å². The van der Waals surface area contributed by atoms with Crippen LogP contribution in [-0.4, -0.2) is 15.7 Å².